The lowest BCUT2D eigenvalue weighted by Crippen LogP contribution is -2.55. The van der Waals surface area contributed by atoms with E-state index in [4.69, 9.17) is 8.22 Å². The van der Waals surface area contributed by atoms with Crippen LogP contribution in [0.2, 0.25) is 0 Å². The zero-order valence-corrected chi connectivity index (χ0v) is 18.7. The van der Waals surface area contributed by atoms with Crippen LogP contribution in [0.1, 0.15) is 93.6 Å². The van der Waals surface area contributed by atoms with Crippen LogP contribution in [-0.4, -0.2) is 39.6 Å². The van der Waals surface area contributed by atoms with Crippen LogP contribution in [0, 0.1) is 22.7 Å². The predicted molar refractivity (Wildman–Crippen MR) is 112 cm³/mol. The standard InChI is InChI=1S/C24H36F6O3/c1-19(2,32)11-6-12-20(3,13-7-15-22(33,23(25,26)27)24(28,29)30)18-10-9-16-17(31)8-5-14-21(16,18)4/h7,15-16,18,32-33H,5-6,8-14H2,1-4H3/t16-,18+,20+,21-/m0/s1/i1D3,2D3. The zero-order chi connectivity index (χ0) is 30.5. The van der Waals surface area contributed by atoms with Crippen molar-refractivity contribution >= 4 is 5.78 Å². The van der Waals surface area contributed by atoms with Crippen LogP contribution < -0.4 is 0 Å². The van der Waals surface area contributed by atoms with Crippen molar-refractivity contribution < 1.29 is 49.6 Å². The first-order valence-corrected chi connectivity index (χ1v) is 11.1. The predicted octanol–water partition coefficient (Wildman–Crippen LogP) is 6.52. The molecule has 0 radical (unpaired) electrons. The van der Waals surface area contributed by atoms with Gasteiger partial charge in [-0.05, 0) is 81.5 Å². The van der Waals surface area contributed by atoms with Gasteiger partial charge in [0.15, 0.2) is 0 Å². The van der Waals surface area contributed by atoms with Crippen LogP contribution in [0.3, 0.4) is 0 Å². The number of Topliss-reactive ketones (excluding diaryl/α,β-unsaturated/α-hetero) is 1. The minimum Gasteiger partial charge on any atom is -0.390 e. The summed E-state index contributed by atoms with van der Waals surface area (Å²) in [6, 6.07) is 0. The molecule has 0 aromatic carbocycles. The van der Waals surface area contributed by atoms with Gasteiger partial charge in [0.05, 0.1) is 5.60 Å². The van der Waals surface area contributed by atoms with Crippen LogP contribution in [0.25, 0.3) is 0 Å². The van der Waals surface area contributed by atoms with Gasteiger partial charge in [-0.25, -0.2) is 0 Å². The molecule has 0 aromatic rings. The highest BCUT2D eigenvalue weighted by molar-refractivity contribution is 5.83. The monoisotopic (exact) mass is 492 g/mol. The summed E-state index contributed by atoms with van der Waals surface area (Å²) in [6.07, 6.45) is -10.8. The number of hydrogen-bond donors (Lipinski definition) is 2. The maximum Gasteiger partial charge on any atom is 0.429 e. The van der Waals surface area contributed by atoms with E-state index in [-0.39, 0.29) is 36.5 Å². The summed E-state index contributed by atoms with van der Waals surface area (Å²) in [5.41, 5.74) is -9.90. The van der Waals surface area contributed by atoms with Crippen molar-refractivity contribution in [2.75, 3.05) is 0 Å². The first-order valence-electron chi connectivity index (χ1n) is 14.1. The maximum absolute atomic E-state index is 13.2. The lowest BCUT2D eigenvalue weighted by molar-refractivity contribution is -0.347. The molecule has 0 spiro atoms. The summed E-state index contributed by atoms with van der Waals surface area (Å²) in [5, 5.41) is 20.2. The summed E-state index contributed by atoms with van der Waals surface area (Å²) in [4.78, 5) is 12.6. The minimum atomic E-state index is -6.05. The molecule has 3 nitrogen and oxygen atoms in total. The number of hydrogen-bond acceptors (Lipinski definition) is 3. The largest absolute Gasteiger partial charge is 0.429 e. The molecule has 192 valence electrons. The molecule has 0 unspecified atom stereocenters. The van der Waals surface area contributed by atoms with Crippen molar-refractivity contribution in [3.8, 4) is 0 Å². The Labute approximate surface area is 200 Å². The SMILES string of the molecule is [2H]C([2H])([2H])C(O)(CCC[C@](C)(CC=CC(O)(C(F)(F)F)C(F)(F)F)[C@H]1CC[C@H]2C(=O)CCC[C@]12C)C([2H])([2H])[2H]. The molecule has 0 aromatic heterocycles. The molecule has 2 saturated carbocycles. The lowest BCUT2D eigenvalue weighted by atomic mass is 9.56. The van der Waals surface area contributed by atoms with E-state index in [1.54, 1.807) is 6.92 Å². The number of fused-ring (bicyclic) bond motifs is 1. The molecule has 0 aliphatic heterocycles. The second-order valence-corrected chi connectivity index (χ2v) is 10.2. The summed E-state index contributed by atoms with van der Waals surface area (Å²) < 4.78 is 125. The van der Waals surface area contributed by atoms with Crippen LogP contribution >= 0.6 is 0 Å². The average Bonchev–Trinajstić information content (AvgIpc) is 3.09. The molecule has 2 aliphatic carbocycles. The van der Waals surface area contributed by atoms with Crippen LogP contribution in [0.15, 0.2) is 12.2 Å². The fraction of sp³-hybridized carbons (Fsp3) is 0.875. The van der Waals surface area contributed by atoms with Gasteiger partial charge in [-0.3, -0.25) is 4.79 Å². The molecule has 0 bridgehead atoms. The molecule has 0 amide bonds. The third-order valence-electron chi connectivity index (χ3n) is 7.80. The summed E-state index contributed by atoms with van der Waals surface area (Å²) >= 11 is 0. The highest BCUT2D eigenvalue weighted by atomic mass is 19.4. The number of allylic oxidation sites excluding steroid dienone is 1. The fourth-order valence-electron chi connectivity index (χ4n) is 6.09. The van der Waals surface area contributed by atoms with Crippen molar-refractivity contribution in [2.45, 2.75) is 109 Å². The van der Waals surface area contributed by atoms with Crippen molar-refractivity contribution in [1.29, 1.82) is 0 Å². The third kappa shape index (κ3) is 5.77. The second-order valence-electron chi connectivity index (χ2n) is 10.2. The zero-order valence-electron chi connectivity index (χ0n) is 24.7. The number of carbonyl (C=O) groups is 1. The number of halogens is 6. The molecule has 0 heterocycles. The Kier molecular flexibility index (Phi) is 5.60. The molecule has 9 heteroatoms. The van der Waals surface area contributed by atoms with E-state index in [9.17, 15) is 41.4 Å². The van der Waals surface area contributed by atoms with E-state index < -0.39 is 60.9 Å². The Morgan fingerprint density at radius 1 is 1.09 bits per heavy atom. The van der Waals surface area contributed by atoms with Gasteiger partial charge in [-0.15, -0.1) is 0 Å². The molecule has 2 N–H and O–H groups in total. The first-order chi connectivity index (χ1) is 17.3. The molecule has 33 heavy (non-hydrogen) atoms. The Morgan fingerprint density at radius 2 is 1.70 bits per heavy atom. The number of alkyl halides is 6. The molecule has 4 atom stereocenters. The van der Waals surface area contributed by atoms with E-state index in [0.29, 0.717) is 38.2 Å². The van der Waals surface area contributed by atoms with Crippen LogP contribution in [0.4, 0.5) is 26.3 Å². The first kappa shape index (κ1) is 20.1. The Hall–Kier alpha value is -1.09. The molecule has 2 aliphatic rings. The lowest BCUT2D eigenvalue weighted by Gasteiger charge is -2.48. The average molecular weight is 493 g/mol. The van der Waals surface area contributed by atoms with Crippen molar-refractivity contribution in [1.82, 2.24) is 0 Å². The van der Waals surface area contributed by atoms with Crippen LogP contribution in [0.5, 0.6) is 0 Å². The fourth-order valence-corrected chi connectivity index (χ4v) is 6.09. The van der Waals surface area contributed by atoms with Gasteiger partial charge in [0.1, 0.15) is 5.78 Å². The quantitative estimate of drug-likeness (QED) is 0.300. The van der Waals surface area contributed by atoms with E-state index in [1.807, 2.05) is 6.92 Å². The number of rotatable bonds is 8. The summed E-state index contributed by atoms with van der Waals surface area (Å²) in [5.74, 6) is -0.697. The summed E-state index contributed by atoms with van der Waals surface area (Å²) in [7, 11) is 0. The molecule has 2 fully saturated rings. The normalized spacial score (nSPS) is 32.8. The third-order valence-corrected chi connectivity index (χ3v) is 7.80. The van der Waals surface area contributed by atoms with Gasteiger partial charge in [0.25, 0.3) is 5.60 Å². The van der Waals surface area contributed by atoms with E-state index in [0.717, 1.165) is 0 Å². The van der Waals surface area contributed by atoms with Gasteiger partial charge in [-0.2, -0.15) is 26.3 Å². The Morgan fingerprint density at radius 3 is 2.24 bits per heavy atom. The van der Waals surface area contributed by atoms with E-state index in [2.05, 4.69) is 0 Å². The second kappa shape index (κ2) is 9.17. The topological polar surface area (TPSA) is 57.5 Å². The Bertz CT molecular complexity index is 901. The van der Waals surface area contributed by atoms with Crippen molar-refractivity contribution in [2.24, 2.45) is 22.7 Å². The highest BCUT2D eigenvalue weighted by Gasteiger charge is 2.69. The van der Waals surface area contributed by atoms with Gasteiger partial charge >= 0.3 is 12.4 Å². The van der Waals surface area contributed by atoms with Gasteiger partial charge < -0.3 is 10.2 Å². The smallest absolute Gasteiger partial charge is 0.390 e. The maximum atomic E-state index is 13.2. The molecule has 2 rings (SSSR count). The number of aliphatic hydroxyl groups is 2. The van der Waals surface area contributed by atoms with Gasteiger partial charge in [0.2, 0.25) is 0 Å². The molecule has 0 saturated heterocycles. The van der Waals surface area contributed by atoms with Crippen molar-refractivity contribution in [3.05, 3.63) is 12.2 Å². The Balaban J connectivity index is 2.45. The van der Waals surface area contributed by atoms with Crippen LogP contribution in [-0.2, 0) is 4.79 Å². The summed E-state index contributed by atoms with van der Waals surface area (Å²) in [6.45, 7) is -3.12. The van der Waals surface area contributed by atoms with Gasteiger partial charge in [-0.1, -0.05) is 26.3 Å². The minimum absolute atomic E-state index is 0.0341. The number of carbonyl (C=O) groups excluding carboxylic acids is 1. The molecular formula is C24H36F6O3. The molecular weight excluding hydrogens is 450 g/mol. The highest BCUT2D eigenvalue weighted by Crippen LogP contribution is 2.61. The number of ketones is 1. The van der Waals surface area contributed by atoms with E-state index >= 15 is 0 Å². The van der Waals surface area contributed by atoms with Crippen molar-refractivity contribution in [3.63, 3.8) is 0 Å². The van der Waals surface area contributed by atoms with Gasteiger partial charge in [0, 0.05) is 20.6 Å². The van der Waals surface area contributed by atoms with E-state index in [1.165, 1.54) is 0 Å².